The largest absolute Gasteiger partial charge is 0.348 e. The number of amides is 1. The number of nitrogens with zero attached hydrogens (tertiary/aromatic N) is 2. The minimum atomic E-state index is -3.76. The predicted molar refractivity (Wildman–Crippen MR) is 138 cm³/mol. The molecule has 1 N–H and O–H groups in total. The van der Waals surface area contributed by atoms with Crippen LogP contribution in [0.3, 0.4) is 0 Å². The lowest BCUT2D eigenvalue weighted by atomic mass is 9.94. The van der Waals surface area contributed by atoms with E-state index in [1.807, 2.05) is 20.8 Å². The zero-order chi connectivity index (χ0) is 25.3. The van der Waals surface area contributed by atoms with E-state index in [9.17, 15) is 18.0 Å². The Balaban J connectivity index is 1.70. The van der Waals surface area contributed by atoms with Crippen molar-refractivity contribution in [2.75, 3.05) is 13.1 Å². The predicted octanol–water partition coefficient (Wildman–Crippen LogP) is 4.27. The van der Waals surface area contributed by atoms with Gasteiger partial charge in [-0.2, -0.15) is 4.31 Å². The van der Waals surface area contributed by atoms with Crippen molar-refractivity contribution in [3.8, 4) is 0 Å². The quantitative estimate of drug-likeness (QED) is 0.531. The van der Waals surface area contributed by atoms with Gasteiger partial charge in [0.05, 0.1) is 10.4 Å². The van der Waals surface area contributed by atoms with Gasteiger partial charge in [0.1, 0.15) is 5.56 Å². The summed E-state index contributed by atoms with van der Waals surface area (Å²) in [6, 6.07) is 11.7. The molecule has 4 rings (SSSR count). The Hall–Kier alpha value is -2.68. The van der Waals surface area contributed by atoms with Crippen LogP contribution in [0.25, 0.3) is 10.9 Å². The fraction of sp³-hybridized carbons (Fsp3) is 0.385. The third-order valence-electron chi connectivity index (χ3n) is 6.48. The molecule has 2 unspecified atom stereocenters. The summed E-state index contributed by atoms with van der Waals surface area (Å²) in [4.78, 5) is 26.4. The van der Waals surface area contributed by atoms with Gasteiger partial charge in [-0.3, -0.25) is 9.59 Å². The molecule has 9 heteroatoms. The van der Waals surface area contributed by atoms with Gasteiger partial charge in [0.15, 0.2) is 0 Å². The Morgan fingerprint density at radius 2 is 1.74 bits per heavy atom. The summed E-state index contributed by atoms with van der Waals surface area (Å²) >= 11 is 5.91. The molecule has 2 aromatic carbocycles. The lowest BCUT2D eigenvalue weighted by molar-refractivity contribution is 0.0949. The van der Waals surface area contributed by atoms with Gasteiger partial charge in [0.25, 0.3) is 5.91 Å². The van der Waals surface area contributed by atoms with Crippen LogP contribution in [0.1, 0.15) is 43.1 Å². The molecular weight excluding hydrogens is 486 g/mol. The summed E-state index contributed by atoms with van der Waals surface area (Å²) in [6.45, 7) is 7.66. The molecule has 3 aromatic rings. The average molecular weight is 516 g/mol. The van der Waals surface area contributed by atoms with Crippen LogP contribution in [0.5, 0.6) is 0 Å². The van der Waals surface area contributed by atoms with E-state index in [1.54, 1.807) is 41.0 Å². The number of hydrogen-bond acceptors (Lipinski definition) is 4. The summed E-state index contributed by atoms with van der Waals surface area (Å²) in [5, 5.41) is 3.59. The number of rotatable bonds is 6. The van der Waals surface area contributed by atoms with Crippen LogP contribution in [0.4, 0.5) is 0 Å². The number of hydrogen-bond donors (Lipinski definition) is 1. The van der Waals surface area contributed by atoms with Crippen molar-refractivity contribution in [3.05, 3.63) is 75.0 Å². The SMILES string of the molecule is CCn1cc(C(=O)NCc2ccc(Cl)cc2)c(=O)c2cc(S(=O)(=O)N3CC(C)CC(C)C3)ccc21. The lowest BCUT2D eigenvalue weighted by Gasteiger charge is -2.34. The smallest absolute Gasteiger partial charge is 0.257 e. The number of fused-ring (bicyclic) bond motifs is 1. The van der Waals surface area contributed by atoms with Crippen molar-refractivity contribution in [3.63, 3.8) is 0 Å². The van der Waals surface area contributed by atoms with Crippen LogP contribution in [0.2, 0.25) is 5.02 Å². The second kappa shape index (κ2) is 10.1. The molecular formula is C26H30ClN3O4S. The van der Waals surface area contributed by atoms with Gasteiger partial charge >= 0.3 is 0 Å². The van der Waals surface area contributed by atoms with Crippen molar-refractivity contribution in [2.24, 2.45) is 11.8 Å². The van der Waals surface area contributed by atoms with E-state index in [1.165, 1.54) is 16.6 Å². The molecule has 0 spiro atoms. The van der Waals surface area contributed by atoms with Crippen LogP contribution in [0.15, 0.2) is 58.4 Å². The highest BCUT2D eigenvalue weighted by atomic mass is 35.5. The zero-order valence-corrected chi connectivity index (χ0v) is 21.7. The molecule has 0 radical (unpaired) electrons. The summed E-state index contributed by atoms with van der Waals surface area (Å²) in [7, 11) is -3.76. The van der Waals surface area contributed by atoms with Crippen molar-refractivity contribution >= 4 is 38.4 Å². The highest BCUT2D eigenvalue weighted by molar-refractivity contribution is 7.89. The van der Waals surface area contributed by atoms with Gasteiger partial charge in [0.2, 0.25) is 15.5 Å². The summed E-state index contributed by atoms with van der Waals surface area (Å²) in [5.74, 6) is 0.0190. The Bertz CT molecular complexity index is 1410. The Labute approximate surface area is 210 Å². The van der Waals surface area contributed by atoms with Crippen LogP contribution in [-0.4, -0.2) is 36.3 Å². The van der Waals surface area contributed by atoms with E-state index in [0.29, 0.717) is 30.2 Å². The molecule has 7 nitrogen and oxygen atoms in total. The van der Waals surface area contributed by atoms with E-state index < -0.39 is 21.4 Å². The number of carbonyl (C=O) groups is 1. The topological polar surface area (TPSA) is 88.5 Å². The number of pyridine rings is 1. The molecule has 1 fully saturated rings. The highest BCUT2D eigenvalue weighted by Gasteiger charge is 2.32. The fourth-order valence-corrected chi connectivity index (χ4v) is 6.62. The molecule has 2 heterocycles. The summed E-state index contributed by atoms with van der Waals surface area (Å²) < 4.78 is 30.1. The van der Waals surface area contributed by atoms with Crippen LogP contribution in [-0.2, 0) is 23.1 Å². The highest BCUT2D eigenvalue weighted by Crippen LogP contribution is 2.28. The Morgan fingerprint density at radius 1 is 1.09 bits per heavy atom. The van der Waals surface area contributed by atoms with Gasteiger partial charge in [0, 0.05) is 42.8 Å². The minimum Gasteiger partial charge on any atom is -0.348 e. The van der Waals surface area contributed by atoms with Crippen LogP contribution >= 0.6 is 11.6 Å². The number of aromatic nitrogens is 1. The van der Waals surface area contributed by atoms with E-state index in [-0.39, 0.29) is 34.2 Å². The van der Waals surface area contributed by atoms with Crippen molar-refractivity contribution < 1.29 is 13.2 Å². The van der Waals surface area contributed by atoms with Gasteiger partial charge in [-0.25, -0.2) is 8.42 Å². The van der Waals surface area contributed by atoms with Gasteiger partial charge < -0.3 is 9.88 Å². The molecule has 0 saturated carbocycles. The van der Waals surface area contributed by atoms with Crippen molar-refractivity contribution in [1.82, 2.24) is 14.2 Å². The maximum absolute atomic E-state index is 13.4. The van der Waals surface area contributed by atoms with Crippen molar-refractivity contribution in [2.45, 2.75) is 45.2 Å². The maximum atomic E-state index is 13.4. The first-order valence-corrected chi connectivity index (χ1v) is 13.6. The summed E-state index contributed by atoms with van der Waals surface area (Å²) in [5.41, 5.74) is 0.919. The molecule has 1 aromatic heterocycles. The number of nitrogens with one attached hydrogen (secondary N) is 1. The van der Waals surface area contributed by atoms with Gasteiger partial charge in [-0.15, -0.1) is 0 Å². The lowest BCUT2D eigenvalue weighted by Crippen LogP contribution is -2.42. The third-order valence-corrected chi connectivity index (χ3v) is 8.56. The minimum absolute atomic E-state index is 0.0249. The standard InChI is InChI=1S/C26H30ClN3O4S/c1-4-29-16-23(26(32)28-13-19-5-7-20(27)8-6-19)25(31)22-12-21(9-10-24(22)29)35(33,34)30-14-17(2)11-18(3)15-30/h5-10,12,16-18H,4,11,13-15H2,1-3H3,(H,28,32). The van der Waals surface area contributed by atoms with E-state index >= 15 is 0 Å². The number of carbonyl (C=O) groups excluding carboxylic acids is 1. The van der Waals surface area contributed by atoms with E-state index in [2.05, 4.69) is 5.32 Å². The molecule has 1 amide bonds. The fourth-order valence-electron chi connectivity index (χ4n) is 4.79. The zero-order valence-electron chi connectivity index (χ0n) is 20.1. The second-order valence-electron chi connectivity index (χ2n) is 9.41. The number of halogens is 1. The summed E-state index contributed by atoms with van der Waals surface area (Å²) in [6.07, 6.45) is 2.52. The van der Waals surface area contributed by atoms with E-state index in [0.717, 1.165) is 12.0 Å². The first kappa shape index (κ1) is 25.4. The molecule has 0 aliphatic carbocycles. The molecule has 1 aliphatic heterocycles. The Kier molecular flexibility index (Phi) is 7.35. The normalized spacial score (nSPS) is 19.1. The van der Waals surface area contributed by atoms with Crippen LogP contribution in [0, 0.1) is 11.8 Å². The number of piperidine rings is 1. The second-order valence-corrected chi connectivity index (χ2v) is 11.8. The van der Waals surface area contributed by atoms with E-state index in [4.69, 9.17) is 11.6 Å². The molecule has 35 heavy (non-hydrogen) atoms. The monoisotopic (exact) mass is 515 g/mol. The van der Waals surface area contributed by atoms with Gasteiger partial charge in [-0.1, -0.05) is 37.6 Å². The molecule has 2 atom stereocenters. The van der Waals surface area contributed by atoms with Crippen molar-refractivity contribution in [1.29, 1.82) is 0 Å². The molecule has 186 valence electrons. The molecule has 1 saturated heterocycles. The molecule has 0 bridgehead atoms. The van der Waals surface area contributed by atoms with Crippen LogP contribution < -0.4 is 10.7 Å². The first-order valence-electron chi connectivity index (χ1n) is 11.8. The maximum Gasteiger partial charge on any atom is 0.257 e. The third kappa shape index (κ3) is 5.29. The Morgan fingerprint density at radius 3 is 2.37 bits per heavy atom. The average Bonchev–Trinajstić information content (AvgIpc) is 2.83. The number of sulfonamides is 1. The molecule has 1 aliphatic rings. The van der Waals surface area contributed by atoms with Gasteiger partial charge in [-0.05, 0) is 61.1 Å². The number of benzene rings is 2. The number of aryl methyl sites for hydroxylation is 1. The first-order chi connectivity index (χ1) is 16.6.